The summed E-state index contributed by atoms with van der Waals surface area (Å²) in [5.74, 6) is 2.24. The minimum atomic E-state index is 0.659. The molecular weight excluding hydrogens is 372 g/mol. The molecule has 3 aromatic rings. The van der Waals surface area contributed by atoms with Crippen LogP contribution in [0.25, 0.3) is 0 Å². The molecule has 2 aromatic carbocycles. The monoisotopic (exact) mass is 396 g/mol. The summed E-state index contributed by atoms with van der Waals surface area (Å²) in [7, 11) is 1.63. The number of benzene rings is 2. The van der Waals surface area contributed by atoms with Crippen molar-refractivity contribution in [3.05, 3.63) is 65.5 Å². The summed E-state index contributed by atoms with van der Waals surface area (Å²) in [5, 5.41) is 13.4. The van der Waals surface area contributed by atoms with Crippen molar-refractivity contribution in [2.75, 3.05) is 13.7 Å². The molecule has 0 aliphatic carbocycles. The van der Waals surface area contributed by atoms with Gasteiger partial charge in [-0.25, -0.2) is 0 Å². The van der Waals surface area contributed by atoms with Crippen LogP contribution < -0.4 is 9.47 Å². The summed E-state index contributed by atoms with van der Waals surface area (Å²) < 4.78 is 12.8. The molecule has 0 spiro atoms. The van der Waals surface area contributed by atoms with E-state index in [-0.39, 0.29) is 0 Å². The van der Waals surface area contributed by atoms with E-state index in [9.17, 15) is 0 Å². The second-order valence-corrected chi connectivity index (χ2v) is 7.18. The molecule has 0 saturated heterocycles. The maximum Gasteiger partial charge on any atom is 0.212 e. The number of nitrogens with zero attached hydrogens (tertiary/aromatic N) is 4. The Kier molecular flexibility index (Phi) is 7.08. The van der Waals surface area contributed by atoms with Crippen molar-refractivity contribution in [1.29, 1.82) is 0 Å². The first-order valence-electron chi connectivity index (χ1n) is 9.13. The summed E-state index contributed by atoms with van der Waals surface area (Å²) in [5.41, 5.74) is 3.40. The van der Waals surface area contributed by atoms with Crippen molar-refractivity contribution in [2.24, 2.45) is 5.10 Å². The van der Waals surface area contributed by atoms with E-state index in [0.717, 1.165) is 28.6 Å². The summed E-state index contributed by atoms with van der Waals surface area (Å²) in [6.07, 6.45) is 4.30. The number of hydrogen-bond acceptors (Lipinski definition) is 6. The van der Waals surface area contributed by atoms with Crippen LogP contribution in [0.15, 0.2) is 59.0 Å². The van der Waals surface area contributed by atoms with Gasteiger partial charge in [-0.1, -0.05) is 48.5 Å². The highest BCUT2D eigenvalue weighted by Crippen LogP contribution is 2.28. The Morgan fingerprint density at radius 1 is 1.14 bits per heavy atom. The number of rotatable bonds is 9. The molecule has 28 heavy (non-hydrogen) atoms. The van der Waals surface area contributed by atoms with Gasteiger partial charge in [-0.3, -0.25) is 0 Å². The molecule has 0 atom stereocenters. The largest absolute Gasteiger partial charge is 0.493 e. The van der Waals surface area contributed by atoms with Crippen LogP contribution in [-0.4, -0.2) is 34.8 Å². The topological polar surface area (TPSA) is 61.5 Å². The number of methoxy groups -OCH3 is 1. The first-order chi connectivity index (χ1) is 13.7. The van der Waals surface area contributed by atoms with Crippen LogP contribution in [0, 0.1) is 6.92 Å². The van der Waals surface area contributed by atoms with Gasteiger partial charge >= 0.3 is 0 Å². The minimum Gasteiger partial charge on any atom is -0.493 e. The highest BCUT2D eigenvalue weighted by atomic mass is 32.2. The summed E-state index contributed by atoms with van der Waals surface area (Å²) in [6, 6.07) is 14.2. The SMILES string of the molecule is CCCOc1ccc(C=Nn2cnnc2SCc2ccc(C)cc2)cc1OC. The highest BCUT2D eigenvalue weighted by molar-refractivity contribution is 7.98. The molecule has 7 heteroatoms. The van der Waals surface area contributed by atoms with Gasteiger partial charge in [0.05, 0.1) is 19.9 Å². The lowest BCUT2D eigenvalue weighted by molar-refractivity contribution is 0.294. The summed E-state index contributed by atoms with van der Waals surface area (Å²) in [4.78, 5) is 0. The van der Waals surface area contributed by atoms with Gasteiger partial charge in [0, 0.05) is 5.75 Å². The van der Waals surface area contributed by atoms with E-state index in [2.05, 4.69) is 53.4 Å². The molecule has 6 nitrogen and oxygen atoms in total. The Balaban J connectivity index is 1.67. The van der Waals surface area contributed by atoms with Crippen molar-refractivity contribution in [2.45, 2.75) is 31.2 Å². The lowest BCUT2D eigenvalue weighted by Crippen LogP contribution is -1.99. The standard InChI is InChI=1S/C21H24N4O2S/c1-4-11-27-19-10-9-18(12-20(19)26-3)13-23-25-15-22-24-21(25)28-14-17-7-5-16(2)6-8-17/h5-10,12-13,15H,4,11,14H2,1-3H3. The number of ether oxygens (including phenoxy) is 2. The van der Waals surface area contributed by atoms with E-state index in [1.165, 1.54) is 11.1 Å². The Bertz CT molecular complexity index is 922. The number of aryl methyl sites for hydroxylation is 1. The van der Waals surface area contributed by atoms with Crippen LogP contribution in [0.5, 0.6) is 11.5 Å². The van der Waals surface area contributed by atoms with Crippen molar-refractivity contribution < 1.29 is 9.47 Å². The number of thioether (sulfide) groups is 1. The van der Waals surface area contributed by atoms with Crippen molar-refractivity contribution >= 4 is 18.0 Å². The van der Waals surface area contributed by atoms with Gasteiger partial charge in [-0.2, -0.15) is 9.78 Å². The van der Waals surface area contributed by atoms with E-state index in [1.54, 1.807) is 36.1 Å². The molecular formula is C21H24N4O2S. The quantitative estimate of drug-likeness (QED) is 0.392. The Morgan fingerprint density at radius 2 is 1.96 bits per heavy atom. The van der Waals surface area contributed by atoms with Gasteiger partial charge in [0.25, 0.3) is 0 Å². The van der Waals surface area contributed by atoms with Crippen molar-refractivity contribution in [1.82, 2.24) is 14.9 Å². The Hall–Kier alpha value is -2.80. The van der Waals surface area contributed by atoms with Crippen LogP contribution in [0.1, 0.15) is 30.0 Å². The number of hydrogen-bond donors (Lipinski definition) is 0. The fraction of sp³-hybridized carbons (Fsp3) is 0.286. The van der Waals surface area contributed by atoms with Crippen molar-refractivity contribution in [3.8, 4) is 11.5 Å². The fourth-order valence-electron chi connectivity index (χ4n) is 2.45. The van der Waals surface area contributed by atoms with Gasteiger partial charge in [-0.15, -0.1) is 10.2 Å². The van der Waals surface area contributed by atoms with E-state index in [1.807, 2.05) is 18.2 Å². The molecule has 0 saturated carbocycles. The molecule has 0 aliphatic heterocycles. The summed E-state index contributed by atoms with van der Waals surface area (Å²) >= 11 is 1.60. The first kappa shape index (κ1) is 19.9. The van der Waals surface area contributed by atoms with Gasteiger partial charge in [0.15, 0.2) is 11.5 Å². The second kappa shape index (κ2) is 9.94. The fourth-order valence-corrected chi connectivity index (χ4v) is 3.27. The molecule has 0 N–H and O–H groups in total. The third-order valence-electron chi connectivity index (χ3n) is 3.97. The summed E-state index contributed by atoms with van der Waals surface area (Å²) in [6.45, 7) is 4.81. The number of aromatic nitrogens is 3. The molecule has 0 amide bonds. The Morgan fingerprint density at radius 3 is 2.71 bits per heavy atom. The molecule has 0 fully saturated rings. The molecule has 0 aliphatic rings. The van der Waals surface area contributed by atoms with E-state index in [4.69, 9.17) is 9.47 Å². The van der Waals surface area contributed by atoms with Crippen LogP contribution >= 0.6 is 11.8 Å². The lowest BCUT2D eigenvalue weighted by atomic mass is 10.2. The van der Waals surface area contributed by atoms with Gasteiger partial charge in [0.2, 0.25) is 5.16 Å². The molecule has 146 valence electrons. The van der Waals surface area contributed by atoms with Crippen LogP contribution in [0.3, 0.4) is 0 Å². The van der Waals surface area contributed by atoms with Gasteiger partial charge in [0.1, 0.15) is 6.33 Å². The van der Waals surface area contributed by atoms with Crippen molar-refractivity contribution in [3.63, 3.8) is 0 Å². The first-order valence-corrected chi connectivity index (χ1v) is 10.1. The average molecular weight is 397 g/mol. The third kappa shape index (κ3) is 5.36. The van der Waals surface area contributed by atoms with Crippen LogP contribution in [0.2, 0.25) is 0 Å². The molecule has 3 rings (SSSR count). The molecule has 1 heterocycles. The maximum atomic E-state index is 5.68. The molecule has 0 radical (unpaired) electrons. The molecule has 1 aromatic heterocycles. The lowest BCUT2D eigenvalue weighted by Gasteiger charge is -2.10. The normalized spacial score (nSPS) is 11.1. The van der Waals surface area contributed by atoms with Crippen LogP contribution in [-0.2, 0) is 5.75 Å². The smallest absolute Gasteiger partial charge is 0.212 e. The van der Waals surface area contributed by atoms with E-state index in [0.29, 0.717) is 12.4 Å². The predicted octanol–water partition coefficient (Wildman–Crippen LogP) is 4.56. The second-order valence-electron chi connectivity index (χ2n) is 6.24. The van der Waals surface area contributed by atoms with Crippen LogP contribution in [0.4, 0.5) is 0 Å². The zero-order valence-corrected chi connectivity index (χ0v) is 17.1. The highest BCUT2D eigenvalue weighted by Gasteiger charge is 2.07. The predicted molar refractivity (Wildman–Crippen MR) is 113 cm³/mol. The van der Waals surface area contributed by atoms with Gasteiger partial charge < -0.3 is 9.47 Å². The Labute approximate surface area is 169 Å². The van der Waals surface area contributed by atoms with E-state index >= 15 is 0 Å². The minimum absolute atomic E-state index is 0.659. The van der Waals surface area contributed by atoms with E-state index < -0.39 is 0 Å². The zero-order valence-electron chi connectivity index (χ0n) is 16.3. The third-order valence-corrected chi connectivity index (χ3v) is 4.97. The zero-order chi connectivity index (χ0) is 19.8. The average Bonchev–Trinajstić information content (AvgIpc) is 3.18. The van der Waals surface area contributed by atoms with Gasteiger partial charge in [-0.05, 0) is 42.7 Å². The molecule has 0 unspecified atom stereocenters. The maximum absolute atomic E-state index is 5.68. The molecule has 0 bridgehead atoms.